The molecule has 0 saturated heterocycles. The third-order valence-corrected chi connectivity index (χ3v) is 6.71. The Kier molecular flexibility index (Phi) is 11.3. The molecule has 0 spiro atoms. The van der Waals surface area contributed by atoms with Gasteiger partial charge in [-0.1, -0.05) is 68.4 Å². The molecule has 1 amide bonds. The molecule has 3 aromatic rings. The summed E-state index contributed by atoms with van der Waals surface area (Å²) >= 11 is 1.45. The molecule has 0 unspecified atom stereocenters. The van der Waals surface area contributed by atoms with Crippen LogP contribution in [-0.4, -0.2) is 37.0 Å². The van der Waals surface area contributed by atoms with Gasteiger partial charge in [-0.25, -0.2) is 0 Å². The largest absolute Gasteiger partial charge is 0.493 e. The first-order chi connectivity index (χ1) is 18.4. The highest BCUT2D eigenvalue weighted by atomic mass is 32.2. The van der Waals surface area contributed by atoms with Crippen LogP contribution in [0.5, 0.6) is 17.2 Å². The SMILES string of the molecule is C=C(Sc1ccccc1)N(CCc1ccc(OC(C)=O)cc1)C(=O)c1ccc(OC)c(OCCCCC)c1. The summed E-state index contributed by atoms with van der Waals surface area (Å²) in [5.41, 5.74) is 1.50. The average molecular weight is 534 g/mol. The van der Waals surface area contributed by atoms with Gasteiger partial charge < -0.3 is 19.1 Å². The minimum absolute atomic E-state index is 0.170. The monoisotopic (exact) mass is 533 g/mol. The van der Waals surface area contributed by atoms with Crippen LogP contribution < -0.4 is 14.2 Å². The Labute approximate surface area is 229 Å². The lowest BCUT2D eigenvalue weighted by Crippen LogP contribution is -2.31. The molecular formula is C31H35NO5S. The van der Waals surface area contributed by atoms with Gasteiger partial charge in [0, 0.05) is 23.9 Å². The van der Waals surface area contributed by atoms with Crippen LogP contribution in [0.4, 0.5) is 0 Å². The number of nitrogens with zero attached hydrogens (tertiary/aromatic N) is 1. The van der Waals surface area contributed by atoms with Crippen molar-refractivity contribution in [2.24, 2.45) is 0 Å². The van der Waals surface area contributed by atoms with E-state index in [1.54, 1.807) is 42.3 Å². The number of esters is 1. The number of hydrogen-bond acceptors (Lipinski definition) is 6. The van der Waals surface area contributed by atoms with Crippen LogP contribution in [0, 0.1) is 0 Å². The van der Waals surface area contributed by atoms with Gasteiger partial charge in [-0.2, -0.15) is 0 Å². The summed E-state index contributed by atoms with van der Waals surface area (Å²) in [6.07, 6.45) is 3.70. The maximum Gasteiger partial charge on any atom is 0.308 e. The minimum atomic E-state index is -0.364. The fourth-order valence-electron chi connectivity index (χ4n) is 3.76. The van der Waals surface area contributed by atoms with Crippen molar-refractivity contribution in [3.05, 3.63) is 95.5 Å². The zero-order valence-corrected chi connectivity index (χ0v) is 23.1. The molecular weight excluding hydrogens is 498 g/mol. The summed E-state index contributed by atoms with van der Waals surface area (Å²) < 4.78 is 16.5. The number of benzene rings is 3. The summed E-state index contributed by atoms with van der Waals surface area (Å²) in [5.74, 6) is 1.10. The van der Waals surface area contributed by atoms with Crippen LogP contribution in [0.15, 0.2) is 89.3 Å². The summed E-state index contributed by atoms with van der Waals surface area (Å²) in [7, 11) is 1.59. The van der Waals surface area contributed by atoms with Crippen LogP contribution >= 0.6 is 11.8 Å². The van der Waals surface area contributed by atoms with E-state index in [1.807, 2.05) is 42.5 Å². The van der Waals surface area contributed by atoms with Crippen LogP contribution in [0.25, 0.3) is 0 Å². The van der Waals surface area contributed by atoms with E-state index >= 15 is 0 Å². The molecule has 0 atom stereocenters. The van der Waals surface area contributed by atoms with Gasteiger partial charge in [0.1, 0.15) is 5.75 Å². The predicted octanol–water partition coefficient (Wildman–Crippen LogP) is 7.14. The Morgan fingerprint density at radius 3 is 2.34 bits per heavy atom. The lowest BCUT2D eigenvalue weighted by atomic mass is 10.1. The highest BCUT2D eigenvalue weighted by Gasteiger charge is 2.21. The van der Waals surface area contributed by atoms with E-state index in [-0.39, 0.29) is 11.9 Å². The van der Waals surface area contributed by atoms with Crippen molar-refractivity contribution in [2.45, 2.75) is 44.4 Å². The van der Waals surface area contributed by atoms with Gasteiger partial charge in [-0.15, -0.1) is 0 Å². The second kappa shape index (κ2) is 14.9. The van der Waals surface area contributed by atoms with Gasteiger partial charge in [0.15, 0.2) is 11.5 Å². The molecule has 0 aliphatic carbocycles. The summed E-state index contributed by atoms with van der Waals surface area (Å²) in [4.78, 5) is 27.7. The standard InChI is InChI=1S/C31H35NO5S/c1-5-6-10-21-36-30-22-26(15-18-29(30)35-4)31(34)32(23(2)38-28-11-8-7-9-12-28)20-19-25-13-16-27(17-14-25)37-24(3)33/h7-9,11-18,22H,2,5-6,10,19-21H2,1,3-4H3. The van der Waals surface area contributed by atoms with Crippen molar-refractivity contribution in [1.82, 2.24) is 4.90 Å². The molecule has 38 heavy (non-hydrogen) atoms. The molecule has 0 aromatic heterocycles. The van der Waals surface area contributed by atoms with Crippen LogP contribution in [0.1, 0.15) is 49.0 Å². The van der Waals surface area contributed by atoms with Crippen molar-refractivity contribution in [1.29, 1.82) is 0 Å². The molecule has 7 heteroatoms. The summed E-state index contributed by atoms with van der Waals surface area (Å²) in [6, 6.07) is 22.4. The molecule has 0 bridgehead atoms. The fourth-order valence-corrected chi connectivity index (χ4v) is 4.61. The topological polar surface area (TPSA) is 65.1 Å². The van der Waals surface area contributed by atoms with E-state index in [9.17, 15) is 9.59 Å². The summed E-state index contributed by atoms with van der Waals surface area (Å²) in [6.45, 7) is 8.73. The normalized spacial score (nSPS) is 10.5. The highest BCUT2D eigenvalue weighted by Crippen LogP contribution is 2.32. The van der Waals surface area contributed by atoms with Crippen LogP contribution in [0.2, 0.25) is 0 Å². The third kappa shape index (κ3) is 8.70. The van der Waals surface area contributed by atoms with Crippen molar-refractivity contribution in [2.75, 3.05) is 20.3 Å². The molecule has 0 aliphatic rings. The Morgan fingerprint density at radius 2 is 1.68 bits per heavy atom. The number of hydrogen-bond donors (Lipinski definition) is 0. The smallest absolute Gasteiger partial charge is 0.308 e. The second-order valence-corrected chi connectivity index (χ2v) is 9.82. The molecule has 0 fully saturated rings. The lowest BCUT2D eigenvalue weighted by Gasteiger charge is -2.25. The van der Waals surface area contributed by atoms with E-state index in [2.05, 4.69) is 13.5 Å². The lowest BCUT2D eigenvalue weighted by molar-refractivity contribution is -0.131. The summed E-state index contributed by atoms with van der Waals surface area (Å²) in [5, 5.41) is 0.624. The maximum atomic E-state index is 13.8. The van der Waals surface area contributed by atoms with E-state index in [1.165, 1.54) is 18.7 Å². The molecule has 200 valence electrons. The number of unbranched alkanes of at least 4 members (excludes halogenated alkanes) is 2. The highest BCUT2D eigenvalue weighted by molar-refractivity contribution is 8.03. The van der Waals surface area contributed by atoms with Gasteiger partial charge in [0.05, 0.1) is 18.7 Å². The molecule has 6 nitrogen and oxygen atoms in total. The Balaban J connectivity index is 1.81. The number of thioether (sulfide) groups is 1. The molecule has 3 rings (SSSR count). The van der Waals surface area contributed by atoms with Gasteiger partial charge in [0.2, 0.25) is 0 Å². The van der Waals surface area contributed by atoms with Crippen molar-refractivity contribution in [3.8, 4) is 17.2 Å². The van der Waals surface area contributed by atoms with Crippen molar-refractivity contribution < 1.29 is 23.8 Å². The van der Waals surface area contributed by atoms with Crippen LogP contribution in [-0.2, 0) is 11.2 Å². The number of carbonyl (C=O) groups excluding carboxylic acids is 2. The maximum absolute atomic E-state index is 13.8. The molecule has 0 heterocycles. The number of rotatable bonds is 14. The first kappa shape index (κ1) is 28.9. The fraction of sp³-hybridized carbons (Fsp3) is 0.290. The zero-order chi connectivity index (χ0) is 27.3. The van der Waals surface area contributed by atoms with E-state index in [4.69, 9.17) is 14.2 Å². The quantitative estimate of drug-likeness (QED) is 0.0950. The second-order valence-electron chi connectivity index (χ2n) is 8.67. The Bertz CT molecular complexity index is 1210. The minimum Gasteiger partial charge on any atom is -0.493 e. The Morgan fingerprint density at radius 1 is 0.947 bits per heavy atom. The van der Waals surface area contributed by atoms with Gasteiger partial charge >= 0.3 is 5.97 Å². The molecule has 0 radical (unpaired) electrons. The van der Waals surface area contributed by atoms with E-state index in [0.29, 0.717) is 47.4 Å². The molecule has 0 saturated carbocycles. The van der Waals surface area contributed by atoms with Gasteiger partial charge in [-0.3, -0.25) is 9.59 Å². The zero-order valence-electron chi connectivity index (χ0n) is 22.3. The third-order valence-electron chi connectivity index (χ3n) is 5.75. The van der Waals surface area contributed by atoms with Crippen molar-refractivity contribution in [3.63, 3.8) is 0 Å². The van der Waals surface area contributed by atoms with E-state index < -0.39 is 0 Å². The number of ether oxygens (including phenoxy) is 3. The average Bonchev–Trinajstić information content (AvgIpc) is 2.92. The van der Waals surface area contributed by atoms with Gasteiger partial charge in [-0.05, 0) is 60.9 Å². The first-order valence-electron chi connectivity index (χ1n) is 12.7. The first-order valence-corrected chi connectivity index (χ1v) is 13.5. The molecule has 0 aliphatic heterocycles. The number of amides is 1. The van der Waals surface area contributed by atoms with Gasteiger partial charge in [0.25, 0.3) is 5.91 Å². The number of carbonyl (C=O) groups is 2. The molecule has 0 N–H and O–H groups in total. The van der Waals surface area contributed by atoms with E-state index in [0.717, 1.165) is 29.7 Å². The van der Waals surface area contributed by atoms with Crippen LogP contribution in [0.3, 0.4) is 0 Å². The number of methoxy groups -OCH3 is 1. The predicted molar refractivity (Wildman–Crippen MR) is 152 cm³/mol. The van der Waals surface area contributed by atoms with Crippen molar-refractivity contribution >= 4 is 23.6 Å². The molecule has 3 aromatic carbocycles. The Hall–Kier alpha value is -3.71.